The van der Waals surface area contributed by atoms with Gasteiger partial charge in [-0.2, -0.15) is 0 Å². The number of carbonyl (C=O) groups excluding carboxylic acids is 1. The number of carbonyl (C=O) groups is 1. The molecule has 112 valence electrons. The number of rotatable bonds is 6. The highest BCUT2D eigenvalue weighted by molar-refractivity contribution is 5.89. The molecular weight excluding hydrogens is 273 g/mol. The summed E-state index contributed by atoms with van der Waals surface area (Å²) in [5, 5.41) is 4.55. The Bertz CT molecular complexity index is 469. The van der Waals surface area contributed by atoms with Crippen molar-refractivity contribution in [3.05, 3.63) is 29.6 Å². The standard InChI is InChI=1S/C13H17F3N2O2/c1-3-6-20-8(2)7-17-13(19)18-10-5-4-9(14)11(15)12(10)16/h4-5,8H,3,6-7H2,1-2H3,(H2,17,18,19). The second-order valence-electron chi connectivity index (χ2n) is 4.24. The molecule has 4 nitrogen and oxygen atoms in total. The fourth-order valence-corrected chi connectivity index (χ4v) is 1.40. The summed E-state index contributed by atoms with van der Waals surface area (Å²) >= 11 is 0. The number of urea groups is 1. The molecule has 0 saturated heterocycles. The molecule has 1 aromatic rings. The minimum atomic E-state index is -1.62. The van der Waals surface area contributed by atoms with Gasteiger partial charge in [-0.25, -0.2) is 18.0 Å². The molecular formula is C13H17F3N2O2. The molecule has 0 saturated carbocycles. The highest BCUT2D eigenvalue weighted by Crippen LogP contribution is 2.19. The Labute approximate surface area is 115 Å². The molecule has 0 heterocycles. The molecule has 2 N–H and O–H groups in total. The average Bonchev–Trinajstić information content (AvgIpc) is 2.43. The van der Waals surface area contributed by atoms with Crippen LogP contribution in [0.1, 0.15) is 20.3 Å². The second-order valence-corrected chi connectivity index (χ2v) is 4.24. The first-order chi connectivity index (χ1) is 9.45. The Morgan fingerprint density at radius 1 is 1.30 bits per heavy atom. The van der Waals surface area contributed by atoms with Crippen LogP contribution in [-0.2, 0) is 4.74 Å². The predicted octanol–water partition coefficient (Wildman–Crippen LogP) is 3.04. The summed E-state index contributed by atoms with van der Waals surface area (Å²) in [7, 11) is 0. The third kappa shape index (κ3) is 4.73. The molecule has 2 amide bonds. The number of anilines is 1. The maximum atomic E-state index is 13.3. The van der Waals surface area contributed by atoms with Crippen LogP contribution in [-0.4, -0.2) is 25.3 Å². The lowest BCUT2D eigenvalue weighted by Gasteiger charge is -2.14. The maximum absolute atomic E-state index is 13.3. The molecule has 0 bridgehead atoms. The first kappa shape index (κ1) is 16.3. The highest BCUT2D eigenvalue weighted by Gasteiger charge is 2.15. The molecule has 1 unspecified atom stereocenters. The smallest absolute Gasteiger partial charge is 0.319 e. The van der Waals surface area contributed by atoms with Crippen LogP contribution in [0.25, 0.3) is 0 Å². The van der Waals surface area contributed by atoms with Gasteiger partial charge in [0.1, 0.15) is 0 Å². The van der Waals surface area contributed by atoms with Crippen molar-refractivity contribution in [2.45, 2.75) is 26.4 Å². The number of hydrogen-bond donors (Lipinski definition) is 2. The minimum Gasteiger partial charge on any atom is -0.377 e. The largest absolute Gasteiger partial charge is 0.377 e. The fraction of sp³-hybridized carbons (Fsp3) is 0.462. The van der Waals surface area contributed by atoms with E-state index in [2.05, 4.69) is 10.6 Å². The molecule has 0 fully saturated rings. The van der Waals surface area contributed by atoms with E-state index in [9.17, 15) is 18.0 Å². The maximum Gasteiger partial charge on any atom is 0.319 e. The zero-order chi connectivity index (χ0) is 15.1. The van der Waals surface area contributed by atoms with Gasteiger partial charge < -0.3 is 15.4 Å². The molecule has 1 rings (SSSR count). The SMILES string of the molecule is CCCOC(C)CNC(=O)Nc1ccc(F)c(F)c1F. The summed E-state index contributed by atoms with van der Waals surface area (Å²) in [6, 6.07) is 0.965. The van der Waals surface area contributed by atoms with E-state index in [-0.39, 0.29) is 12.6 Å². The zero-order valence-corrected chi connectivity index (χ0v) is 11.3. The number of ether oxygens (including phenoxy) is 1. The Kier molecular flexibility index (Phi) is 6.30. The lowest BCUT2D eigenvalue weighted by molar-refractivity contribution is 0.0682. The van der Waals surface area contributed by atoms with Crippen molar-refractivity contribution in [2.75, 3.05) is 18.5 Å². The Hall–Kier alpha value is -1.76. The summed E-state index contributed by atoms with van der Waals surface area (Å²) in [6.07, 6.45) is 0.659. The summed E-state index contributed by atoms with van der Waals surface area (Å²) in [6.45, 7) is 4.52. The molecule has 0 aliphatic heterocycles. The van der Waals surface area contributed by atoms with Crippen molar-refractivity contribution in [3.63, 3.8) is 0 Å². The summed E-state index contributed by atoms with van der Waals surface area (Å²) in [5.41, 5.74) is -0.427. The van der Waals surface area contributed by atoms with Crippen LogP contribution in [0.3, 0.4) is 0 Å². The number of halogens is 3. The van der Waals surface area contributed by atoms with E-state index >= 15 is 0 Å². The predicted molar refractivity (Wildman–Crippen MR) is 69.0 cm³/mol. The van der Waals surface area contributed by atoms with Crippen LogP contribution in [0.5, 0.6) is 0 Å². The minimum absolute atomic E-state index is 0.199. The van der Waals surface area contributed by atoms with Gasteiger partial charge >= 0.3 is 6.03 Å². The first-order valence-corrected chi connectivity index (χ1v) is 6.25. The number of hydrogen-bond acceptors (Lipinski definition) is 2. The molecule has 1 atom stereocenters. The van der Waals surface area contributed by atoms with Gasteiger partial charge in [0.15, 0.2) is 17.5 Å². The van der Waals surface area contributed by atoms with Gasteiger partial charge in [-0.05, 0) is 25.5 Å². The van der Waals surface area contributed by atoms with Crippen LogP contribution in [0.15, 0.2) is 12.1 Å². The lowest BCUT2D eigenvalue weighted by Crippen LogP contribution is -2.35. The van der Waals surface area contributed by atoms with Crippen LogP contribution in [0.4, 0.5) is 23.7 Å². The molecule has 7 heteroatoms. The number of nitrogens with one attached hydrogen (secondary N) is 2. The van der Waals surface area contributed by atoms with Crippen LogP contribution in [0.2, 0.25) is 0 Å². The first-order valence-electron chi connectivity index (χ1n) is 6.25. The van der Waals surface area contributed by atoms with E-state index in [1.165, 1.54) is 0 Å². The van der Waals surface area contributed by atoms with Crippen molar-refractivity contribution in [3.8, 4) is 0 Å². The topological polar surface area (TPSA) is 50.4 Å². The van der Waals surface area contributed by atoms with E-state index in [0.717, 1.165) is 18.6 Å². The molecule has 20 heavy (non-hydrogen) atoms. The quantitative estimate of drug-likeness (QED) is 0.791. The zero-order valence-electron chi connectivity index (χ0n) is 11.3. The summed E-state index contributed by atoms with van der Waals surface area (Å²) < 4.78 is 44.3. The Morgan fingerprint density at radius 3 is 2.65 bits per heavy atom. The van der Waals surface area contributed by atoms with Gasteiger partial charge in [0.2, 0.25) is 0 Å². The Morgan fingerprint density at radius 2 is 2.00 bits per heavy atom. The van der Waals surface area contributed by atoms with Crippen LogP contribution >= 0.6 is 0 Å². The molecule has 0 aliphatic carbocycles. The Balaban J connectivity index is 2.49. The van der Waals surface area contributed by atoms with Crippen molar-refractivity contribution in [1.29, 1.82) is 0 Å². The molecule has 0 aliphatic rings. The summed E-state index contributed by atoms with van der Waals surface area (Å²) in [4.78, 5) is 11.5. The molecule has 1 aromatic carbocycles. The van der Waals surface area contributed by atoms with Crippen LogP contribution in [0, 0.1) is 17.5 Å². The van der Waals surface area contributed by atoms with Gasteiger partial charge in [-0.15, -0.1) is 0 Å². The lowest BCUT2D eigenvalue weighted by atomic mass is 10.3. The van der Waals surface area contributed by atoms with Crippen molar-refractivity contribution in [2.24, 2.45) is 0 Å². The number of benzene rings is 1. The third-order valence-electron chi connectivity index (χ3n) is 2.44. The van der Waals surface area contributed by atoms with Crippen molar-refractivity contribution < 1.29 is 22.7 Å². The van der Waals surface area contributed by atoms with Gasteiger partial charge in [0.05, 0.1) is 11.8 Å². The highest BCUT2D eigenvalue weighted by atomic mass is 19.2. The molecule has 0 spiro atoms. The van der Waals surface area contributed by atoms with E-state index in [4.69, 9.17) is 4.74 Å². The fourth-order valence-electron chi connectivity index (χ4n) is 1.40. The van der Waals surface area contributed by atoms with Gasteiger partial charge in [-0.1, -0.05) is 6.92 Å². The third-order valence-corrected chi connectivity index (χ3v) is 2.44. The van der Waals surface area contributed by atoms with E-state index in [1.54, 1.807) is 6.92 Å². The van der Waals surface area contributed by atoms with Gasteiger partial charge in [0.25, 0.3) is 0 Å². The van der Waals surface area contributed by atoms with Gasteiger partial charge in [-0.3, -0.25) is 0 Å². The van der Waals surface area contributed by atoms with E-state index in [0.29, 0.717) is 6.61 Å². The van der Waals surface area contributed by atoms with Crippen molar-refractivity contribution in [1.82, 2.24) is 5.32 Å². The molecule has 0 radical (unpaired) electrons. The summed E-state index contributed by atoms with van der Waals surface area (Å²) in [5.74, 6) is -4.37. The average molecular weight is 290 g/mol. The van der Waals surface area contributed by atoms with E-state index in [1.807, 2.05) is 6.92 Å². The van der Waals surface area contributed by atoms with E-state index < -0.39 is 29.2 Å². The van der Waals surface area contributed by atoms with Gasteiger partial charge in [0, 0.05) is 13.2 Å². The van der Waals surface area contributed by atoms with Crippen LogP contribution < -0.4 is 10.6 Å². The monoisotopic (exact) mass is 290 g/mol. The van der Waals surface area contributed by atoms with Crippen molar-refractivity contribution >= 4 is 11.7 Å². The normalized spacial score (nSPS) is 12.1. The second kappa shape index (κ2) is 7.74. The molecule has 0 aromatic heterocycles. The number of amides is 2.